The Balaban J connectivity index is 1.85. The van der Waals surface area contributed by atoms with Gasteiger partial charge in [-0.15, -0.1) is 11.3 Å². The molecular formula is C18H16N4O4S. The Labute approximate surface area is 158 Å². The number of nitro benzene ring substituents is 1. The van der Waals surface area contributed by atoms with Crippen LogP contribution in [0.5, 0.6) is 0 Å². The van der Waals surface area contributed by atoms with E-state index in [2.05, 4.69) is 10.3 Å². The van der Waals surface area contributed by atoms with E-state index in [0.29, 0.717) is 10.7 Å². The van der Waals surface area contributed by atoms with Crippen molar-refractivity contribution in [3.8, 4) is 0 Å². The lowest BCUT2D eigenvalue weighted by Crippen LogP contribution is -2.29. The average Bonchev–Trinajstić information content (AvgIpc) is 2.94. The maximum atomic E-state index is 12.6. The number of carbonyl (C=O) groups is 1. The van der Waals surface area contributed by atoms with E-state index in [1.165, 1.54) is 40.3 Å². The van der Waals surface area contributed by atoms with Crippen molar-refractivity contribution in [2.45, 2.75) is 20.4 Å². The summed E-state index contributed by atoms with van der Waals surface area (Å²) >= 11 is 1.34. The minimum atomic E-state index is -0.540. The number of nitrogens with zero attached hydrogens (tertiary/aromatic N) is 3. The Morgan fingerprint density at radius 3 is 2.74 bits per heavy atom. The van der Waals surface area contributed by atoms with Gasteiger partial charge in [0.25, 0.3) is 17.2 Å². The van der Waals surface area contributed by atoms with Gasteiger partial charge in [-0.3, -0.25) is 25.0 Å². The molecule has 2 aromatic heterocycles. The largest absolute Gasteiger partial charge is 0.310 e. The molecule has 9 heteroatoms. The molecule has 0 spiro atoms. The van der Waals surface area contributed by atoms with Crippen molar-refractivity contribution >= 4 is 28.1 Å². The van der Waals surface area contributed by atoms with E-state index in [0.717, 1.165) is 10.6 Å². The summed E-state index contributed by atoms with van der Waals surface area (Å²) in [4.78, 5) is 40.7. The third kappa shape index (κ3) is 4.09. The van der Waals surface area contributed by atoms with Crippen LogP contribution in [0.15, 0.2) is 47.4 Å². The molecular weight excluding hydrogens is 368 g/mol. The first-order valence-electron chi connectivity index (χ1n) is 8.03. The first kappa shape index (κ1) is 18.5. The second-order valence-electron chi connectivity index (χ2n) is 5.90. The highest BCUT2D eigenvalue weighted by molar-refractivity contribution is 7.15. The number of hydrogen-bond donors (Lipinski definition) is 1. The number of aromatic nitrogens is 2. The molecule has 0 bridgehead atoms. The highest BCUT2D eigenvalue weighted by Crippen LogP contribution is 2.21. The van der Waals surface area contributed by atoms with Gasteiger partial charge in [-0.2, -0.15) is 0 Å². The van der Waals surface area contributed by atoms with E-state index in [1.54, 1.807) is 18.2 Å². The van der Waals surface area contributed by atoms with E-state index in [9.17, 15) is 19.7 Å². The molecule has 3 rings (SSSR count). The van der Waals surface area contributed by atoms with Gasteiger partial charge in [0.15, 0.2) is 5.13 Å². The van der Waals surface area contributed by atoms with Crippen LogP contribution in [-0.4, -0.2) is 20.4 Å². The Bertz CT molecular complexity index is 1070. The van der Waals surface area contributed by atoms with Crippen LogP contribution in [0.4, 0.5) is 10.8 Å². The molecule has 0 aliphatic rings. The molecule has 0 aliphatic carbocycles. The molecule has 1 amide bonds. The van der Waals surface area contributed by atoms with E-state index in [1.807, 2.05) is 13.8 Å². The van der Waals surface area contributed by atoms with Gasteiger partial charge >= 0.3 is 0 Å². The number of carbonyl (C=O) groups excluding carboxylic acids is 1. The van der Waals surface area contributed by atoms with Crippen molar-refractivity contribution in [2.24, 2.45) is 0 Å². The molecule has 3 aromatic rings. The molecule has 0 fully saturated rings. The number of aryl methyl sites for hydroxylation is 2. The molecule has 0 unspecified atom stereocenters. The molecule has 1 aromatic carbocycles. The minimum Gasteiger partial charge on any atom is -0.310 e. The minimum absolute atomic E-state index is 0.0200. The molecule has 2 heterocycles. The second kappa shape index (κ2) is 7.50. The SMILES string of the molecule is Cc1nc(NC(=O)c2cccn(Cc3cccc([N+](=O)[O-])c3)c2=O)sc1C. The number of nitrogens with one attached hydrogen (secondary N) is 1. The summed E-state index contributed by atoms with van der Waals surface area (Å²) < 4.78 is 1.34. The van der Waals surface area contributed by atoms with Gasteiger partial charge in [0.05, 0.1) is 17.2 Å². The Hall–Kier alpha value is -3.33. The monoisotopic (exact) mass is 384 g/mol. The highest BCUT2D eigenvalue weighted by atomic mass is 32.1. The summed E-state index contributed by atoms with van der Waals surface area (Å²) in [5.74, 6) is -0.540. The van der Waals surface area contributed by atoms with E-state index < -0.39 is 16.4 Å². The van der Waals surface area contributed by atoms with Crippen LogP contribution in [0.1, 0.15) is 26.5 Å². The zero-order valence-electron chi connectivity index (χ0n) is 14.6. The number of benzene rings is 1. The number of anilines is 1. The summed E-state index contributed by atoms with van der Waals surface area (Å²) in [5.41, 5.74) is 0.866. The summed E-state index contributed by atoms with van der Waals surface area (Å²) in [6, 6.07) is 9.06. The smallest absolute Gasteiger partial charge is 0.269 e. The Morgan fingerprint density at radius 1 is 1.30 bits per heavy atom. The maximum Gasteiger partial charge on any atom is 0.269 e. The van der Waals surface area contributed by atoms with Crippen molar-refractivity contribution in [3.05, 3.63) is 84.8 Å². The van der Waals surface area contributed by atoms with E-state index in [-0.39, 0.29) is 17.8 Å². The third-order valence-corrected chi connectivity index (χ3v) is 4.98. The van der Waals surface area contributed by atoms with Crippen LogP contribution in [0, 0.1) is 24.0 Å². The zero-order valence-corrected chi connectivity index (χ0v) is 15.4. The molecule has 8 nitrogen and oxygen atoms in total. The number of amides is 1. The summed E-state index contributed by atoms with van der Waals surface area (Å²) in [6.45, 7) is 3.87. The predicted octanol–water partition coefficient (Wildman–Crippen LogP) is 3.13. The quantitative estimate of drug-likeness (QED) is 0.537. The van der Waals surface area contributed by atoms with Crippen LogP contribution < -0.4 is 10.9 Å². The number of thiazole rings is 1. The second-order valence-corrected chi connectivity index (χ2v) is 7.10. The Morgan fingerprint density at radius 2 is 2.07 bits per heavy atom. The average molecular weight is 384 g/mol. The molecule has 0 radical (unpaired) electrons. The normalized spacial score (nSPS) is 10.6. The molecule has 0 saturated heterocycles. The molecule has 0 saturated carbocycles. The van der Waals surface area contributed by atoms with Gasteiger partial charge in [-0.25, -0.2) is 4.98 Å². The molecule has 27 heavy (non-hydrogen) atoms. The highest BCUT2D eigenvalue weighted by Gasteiger charge is 2.15. The lowest BCUT2D eigenvalue weighted by Gasteiger charge is -2.08. The van der Waals surface area contributed by atoms with Gasteiger partial charge in [0, 0.05) is 23.2 Å². The van der Waals surface area contributed by atoms with Crippen molar-refractivity contribution in [1.82, 2.24) is 9.55 Å². The lowest BCUT2D eigenvalue weighted by atomic mass is 10.2. The Kier molecular flexibility index (Phi) is 5.13. The standard InChI is InChI=1S/C18H16N4O4S/c1-11-12(2)27-18(19-11)20-16(23)15-7-4-8-21(17(15)24)10-13-5-3-6-14(9-13)22(25)26/h3-9H,10H2,1-2H3,(H,19,20,23). The molecule has 138 valence electrons. The number of non-ortho nitro benzene ring substituents is 1. The van der Waals surface area contributed by atoms with Gasteiger partial charge in [0.1, 0.15) is 5.56 Å². The van der Waals surface area contributed by atoms with Crippen LogP contribution in [-0.2, 0) is 6.54 Å². The maximum absolute atomic E-state index is 12.6. The van der Waals surface area contributed by atoms with Crippen molar-refractivity contribution in [3.63, 3.8) is 0 Å². The first-order chi connectivity index (χ1) is 12.8. The predicted molar refractivity (Wildman–Crippen MR) is 102 cm³/mol. The summed E-state index contributed by atoms with van der Waals surface area (Å²) in [5, 5.41) is 14.0. The topological polar surface area (TPSA) is 107 Å². The molecule has 0 aliphatic heterocycles. The first-order valence-corrected chi connectivity index (χ1v) is 8.85. The fourth-order valence-corrected chi connectivity index (χ4v) is 3.30. The van der Waals surface area contributed by atoms with Gasteiger partial charge in [0.2, 0.25) is 0 Å². The van der Waals surface area contributed by atoms with Crippen molar-refractivity contribution in [2.75, 3.05) is 5.32 Å². The summed E-state index contributed by atoms with van der Waals surface area (Å²) in [7, 11) is 0. The van der Waals surface area contributed by atoms with E-state index in [4.69, 9.17) is 0 Å². The number of rotatable bonds is 5. The van der Waals surface area contributed by atoms with Crippen LogP contribution in [0.3, 0.4) is 0 Å². The van der Waals surface area contributed by atoms with Gasteiger partial charge < -0.3 is 4.57 Å². The third-order valence-electron chi connectivity index (χ3n) is 3.99. The van der Waals surface area contributed by atoms with Gasteiger partial charge in [-0.05, 0) is 31.5 Å². The number of pyridine rings is 1. The van der Waals surface area contributed by atoms with Gasteiger partial charge in [-0.1, -0.05) is 12.1 Å². The van der Waals surface area contributed by atoms with Crippen molar-refractivity contribution in [1.29, 1.82) is 0 Å². The van der Waals surface area contributed by atoms with Crippen LogP contribution in [0.2, 0.25) is 0 Å². The van der Waals surface area contributed by atoms with Crippen molar-refractivity contribution < 1.29 is 9.72 Å². The number of hydrogen-bond acceptors (Lipinski definition) is 6. The number of nitro groups is 1. The summed E-state index contributed by atoms with van der Waals surface area (Å²) in [6.07, 6.45) is 1.54. The fourth-order valence-electron chi connectivity index (χ4n) is 2.49. The van der Waals surface area contributed by atoms with Crippen LogP contribution >= 0.6 is 11.3 Å². The van der Waals surface area contributed by atoms with E-state index >= 15 is 0 Å². The zero-order chi connectivity index (χ0) is 19.6. The van der Waals surface area contributed by atoms with Crippen LogP contribution in [0.25, 0.3) is 0 Å². The lowest BCUT2D eigenvalue weighted by molar-refractivity contribution is -0.384. The molecule has 1 N–H and O–H groups in total. The fraction of sp³-hybridized carbons (Fsp3) is 0.167. The molecule has 0 atom stereocenters.